The summed E-state index contributed by atoms with van der Waals surface area (Å²) in [7, 11) is 0. The zero-order valence-electron chi connectivity index (χ0n) is 11.7. The number of rotatable bonds is 5. The average molecular weight is 273 g/mol. The zero-order valence-corrected chi connectivity index (χ0v) is 12.5. The molecule has 0 saturated carbocycles. The molecule has 0 radical (unpaired) electrons. The lowest BCUT2D eigenvalue weighted by Gasteiger charge is -2.11. The van der Waals surface area contributed by atoms with Gasteiger partial charge in [0.05, 0.1) is 0 Å². The second-order valence-corrected chi connectivity index (χ2v) is 5.87. The van der Waals surface area contributed by atoms with Crippen LogP contribution in [0.4, 0.5) is 0 Å². The van der Waals surface area contributed by atoms with Crippen LogP contribution in [-0.4, -0.2) is 5.38 Å². The van der Waals surface area contributed by atoms with Gasteiger partial charge >= 0.3 is 0 Å². The van der Waals surface area contributed by atoms with E-state index in [1.165, 1.54) is 22.3 Å². The summed E-state index contributed by atoms with van der Waals surface area (Å²) in [6, 6.07) is 17.2. The number of halogens is 1. The number of aryl methyl sites for hydroxylation is 3. The van der Waals surface area contributed by atoms with Crippen molar-refractivity contribution >= 4 is 11.6 Å². The molecule has 0 saturated heterocycles. The molecule has 2 aromatic rings. The summed E-state index contributed by atoms with van der Waals surface area (Å²) < 4.78 is 0. The number of hydrogen-bond donors (Lipinski definition) is 0. The first-order chi connectivity index (χ1) is 9.15. The van der Waals surface area contributed by atoms with Gasteiger partial charge in [-0.1, -0.05) is 54.1 Å². The summed E-state index contributed by atoms with van der Waals surface area (Å²) in [6.45, 7) is 4.29. The topological polar surface area (TPSA) is 0 Å². The molecule has 0 N–H and O–H groups in total. The molecule has 0 aliphatic carbocycles. The average Bonchev–Trinajstić information content (AvgIpc) is 2.38. The molecule has 2 rings (SSSR count). The maximum atomic E-state index is 6.47. The van der Waals surface area contributed by atoms with Crippen LogP contribution in [0, 0.1) is 13.8 Å². The summed E-state index contributed by atoms with van der Waals surface area (Å²) >= 11 is 6.47. The summed E-state index contributed by atoms with van der Waals surface area (Å²) in [5.41, 5.74) is 5.42. The van der Waals surface area contributed by atoms with E-state index in [0.29, 0.717) is 0 Å². The molecule has 1 atom stereocenters. The predicted molar refractivity (Wildman–Crippen MR) is 84.0 cm³/mol. The van der Waals surface area contributed by atoms with Gasteiger partial charge in [0, 0.05) is 5.38 Å². The van der Waals surface area contributed by atoms with E-state index in [1.54, 1.807) is 0 Å². The first-order valence-corrected chi connectivity index (χ1v) is 7.33. The van der Waals surface area contributed by atoms with Crippen LogP contribution in [0.1, 0.15) is 28.7 Å². The van der Waals surface area contributed by atoms with Crippen molar-refractivity contribution in [2.24, 2.45) is 0 Å². The van der Waals surface area contributed by atoms with Gasteiger partial charge in [0.2, 0.25) is 0 Å². The smallest absolute Gasteiger partial charge is 0.0379 e. The van der Waals surface area contributed by atoms with E-state index in [-0.39, 0.29) is 5.38 Å². The highest BCUT2D eigenvalue weighted by Gasteiger charge is 2.07. The van der Waals surface area contributed by atoms with Crippen molar-refractivity contribution < 1.29 is 0 Å². The fourth-order valence-electron chi connectivity index (χ4n) is 2.40. The van der Waals surface area contributed by atoms with Gasteiger partial charge in [-0.3, -0.25) is 0 Å². The van der Waals surface area contributed by atoms with E-state index in [9.17, 15) is 0 Å². The standard InChI is InChI=1S/C18H21Cl/c1-14-6-5-8-16(12-14)13-18(19)11-10-17-9-4-3-7-15(17)2/h3-9,12,18H,10-11,13H2,1-2H3. The molecule has 0 nitrogen and oxygen atoms in total. The maximum Gasteiger partial charge on any atom is 0.0379 e. The second kappa shape index (κ2) is 6.77. The van der Waals surface area contributed by atoms with Crippen molar-refractivity contribution in [1.29, 1.82) is 0 Å². The summed E-state index contributed by atoms with van der Waals surface area (Å²) in [5.74, 6) is 0. The van der Waals surface area contributed by atoms with E-state index < -0.39 is 0 Å². The van der Waals surface area contributed by atoms with Crippen LogP contribution in [0.3, 0.4) is 0 Å². The third-order valence-electron chi connectivity index (χ3n) is 3.53. The first kappa shape index (κ1) is 14.1. The summed E-state index contributed by atoms with van der Waals surface area (Å²) in [4.78, 5) is 0. The molecule has 2 aromatic carbocycles. The highest BCUT2D eigenvalue weighted by atomic mass is 35.5. The number of alkyl halides is 1. The Kier molecular flexibility index (Phi) is 5.04. The Hall–Kier alpha value is -1.27. The second-order valence-electron chi connectivity index (χ2n) is 5.26. The molecule has 19 heavy (non-hydrogen) atoms. The fraction of sp³-hybridized carbons (Fsp3) is 0.333. The van der Waals surface area contributed by atoms with Gasteiger partial charge < -0.3 is 0 Å². The first-order valence-electron chi connectivity index (χ1n) is 6.89. The van der Waals surface area contributed by atoms with E-state index in [1.807, 2.05) is 0 Å². The van der Waals surface area contributed by atoms with Gasteiger partial charge in [0.25, 0.3) is 0 Å². The Morgan fingerprint density at radius 2 is 1.79 bits per heavy atom. The molecule has 1 unspecified atom stereocenters. The van der Waals surface area contributed by atoms with Crippen LogP contribution in [0.15, 0.2) is 48.5 Å². The van der Waals surface area contributed by atoms with Gasteiger partial charge in [0.15, 0.2) is 0 Å². The maximum absolute atomic E-state index is 6.47. The monoisotopic (exact) mass is 272 g/mol. The third kappa shape index (κ3) is 4.40. The lowest BCUT2D eigenvalue weighted by Crippen LogP contribution is -2.05. The van der Waals surface area contributed by atoms with Crippen molar-refractivity contribution in [3.8, 4) is 0 Å². The molecule has 0 amide bonds. The zero-order chi connectivity index (χ0) is 13.7. The minimum Gasteiger partial charge on any atom is -0.123 e. The van der Waals surface area contributed by atoms with Crippen LogP contribution < -0.4 is 0 Å². The SMILES string of the molecule is Cc1cccc(CC(Cl)CCc2ccccc2C)c1. The van der Waals surface area contributed by atoms with Crippen molar-refractivity contribution in [3.05, 3.63) is 70.8 Å². The van der Waals surface area contributed by atoms with Crippen molar-refractivity contribution in [1.82, 2.24) is 0 Å². The van der Waals surface area contributed by atoms with Crippen LogP contribution in [0.2, 0.25) is 0 Å². The van der Waals surface area contributed by atoms with Crippen LogP contribution in [0.5, 0.6) is 0 Å². The molecule has 0 aliphatic rings. The van der Waals surface area contributed by atoms with Crippen LogP contribution in [-0.2, 0) is 12.8 Å². The summed E-state index contributed by atoms with van der Waals surface area (Å²) in [5, 5.41) is 0.210. The molecule has 0 spiro atoms. The normalized spacial score (nSPS) is 12.4. The highest BCUT2D eigenvalue weighted by molar-refractivity contribution is 6.20. The summed E-state index contributed by atoms with van der Waals surface area (Å²) in [6.07, 6.45) is 3.04. The number of hydrogen-bond acceptors (Lipinski definition) is 0. The molecule has 1 heteroatoms. The van der Waals surface area contributed by atoms with E-state index in [0.717, 1.165) is 19.3 Å². The quantitative estimate of drug-likeness (QED) is 0.666. The minimum absolute atomic E-state index is 0.210. The predicted octanol–water partition coefficient (Wildman–Crippen LogP) is 5.09. The molecule has 0 bridgehead atoms. The minimum atomic E-state index is 0.210. The Labute approximate surface area is 121 Å². The Balaban J connectivity index is 1.88. The highest BCUT2D eigenvalue weighted by Crippen LogP contribution is 2.17. The Bertz CT molecular complexity index is 531. The van der Waals surface area contributed by atoms with Crippen LogP contribution >= 0.6 is 11.6 Å². The van der Waals surface area contributed by atoms with Gasteiger partial charge in [-0.15, -0.1) is 11.6 Å². The molecular weight excluding hydrogens is 252 g/mol. The Morgan fingerprint density at radius 3 is 2.53 bits per heavy atom. The molecular formula is C18H21Cl. The molecule has 0 heterocycles. The van der Waals surface area contributed by atoms with Gasteiger partial charge in [-0.2, -0.15) is 0 Å². The Morgan fingerprint density at radius 1 is 1.00 bits per heavy atom. The van der Waals surface area contributed by atoms with Gasteiger partial charge in [0.1, 0.15) is 0 Å². The van der Waals surface area contributed by atoms with Crippen molar-refractivity contribution in [2.75, 3.05) is 0 Å². The van der Waals surface area contributed by atoms with Gasteiger partial charge in [-0.25, -0.2) is 0 Å². The fourth-order valence-corrected chi connectivity index (χ4v) is 2.69. The lowest BCUT2D eigenvalue weighted by molar-refractivity contribution is 0.741. The van der Waals surface area contributed by atoms with Gasteiger partial charge in [-0.05, 0) is 49.8 Å². The van der Waals surface area contributed by atoms with E-state index >= 15 is 0 Å². The van der Waals surface area contributed by atoms with Crippen molar-refractivity contribution in [2.45, 2.75) is 38.5 Å². The third-order valence-corrected chi connectivity index (χ3v) is 3.90. The molecule has 0 aromatic heterocycles. The molecule has 0 fully saturated rings. The van der Waals surface area contributed by atoms with E-state index in [4.69, 9.17) is 11.6 Å². The largest absolute Gasteiger partial charge is 0.123 e. The lowest BCUT2D eigenvalue weighted by atomic mass is 10.00. The van der Waals surface area contributed by atoms with Crippen LogP contribution in [0.25, 0.3) is 0 Å². The molecule has 100 valence electrons. The van der Waals surface area contributed by atoms with E-state index in [2.05, 4.69) is 62.4 Å². The van der Waals surface area contributed by atoms with Crippen molar-refractivity contribution in [3.63, 3.8) is 0 Å². The number of benzene rings is 2. The molecule has 0 aliphatic heterocycles.